The first-order chi connectivity index (χ1) is 13.3. The summed E-state index contributed by atoms with van der Waals surface area (Å²) in [5.41, 5.74) is 4.67. The van der Waals surface area contributed by atoms with Gasteiger partial charge in [0, 0.05) is 17.0 Å². The van der Waals surface area contributed by atoms with Gasteiger partial charge in [-0.2, -0.15) is 0 Å². The van der Waals surface area contributed by atoms with Crippen LogP contribution in [0.4, 0.5) is 0 Å². The van der Waals surface area contributed by atoms with Gasteiger partial charge in [-0.05, 0) is 42.9 Å². The molecule has 0 N–H and O–H groups in total. The monoisotopic (exact) mass is 357 g/mol. The highest BCUT2D eigenvalue weighted by atomic mass is 16.4. The third-order valence-corrected chi connectivity index (χ3v) is 6.20. The van der Waals surface area contributed by atoms with Crippen molar-refractivity contribution in [1.29, 1.82) is 0 Å². The summed E-state index contributed by atoms with van der Waals surface area (Å²) in [7, 11) is 0. The summed E-state index contributed by atoms with van der Waals surface area (Å²) in [5, 5.41) is 0. The summed E-state index contributed by atoms with van der Waals surface area (Å²) in [6.07, 6.45) is 7.16. The van der Waals surface area contributed by atoms with Crippen LogP contribution in [0.1, 0.15) is 49.1 Å². The summed E-state index contributed by atoms with van der Waals surface area (Å²) in [6.45, 7) is 0. The lowest BCUT2D eigenvalue weighted by atomic mass is 9.70. The predicted molar refractivity (Wildman–Crippen MR) is 107 cm³/mol. The summed E-state index contributed by atoms with van der Waals surface area (Å²) in [6, 6.07) is 18.1. The van der Waals surface area contributed by atoms with Gasteiger partial charge in [0.2, 0.25) is 5.89 Å². The normalized spacial score (nSPS) is 19.3. The molecule has 2 aliphatic carbocycles. The van der Waals surface area contributed by atoms with Gasteiger partial charge in [0.15, 0.2) is 0 Å². The van der Waals surface area contributed by atoms with E-state index >= 15 is 0 Å². The fourth-order valence-corrected chi connectivity index (χ4v) is 4.87. The first-order valence-corrected chi connectivity index (χ1v) is 10.00. The van der Waals surface area contributed by atoms with Crippen molar-refractivity contribution in [2.45, 2.75) is 44.4 Å². The molecule has 1 fully saturated rings. The lowest BCUT2D eigenvalue weighted by Gasteiger charge is -2.34. The number of fused-ring (bicyclic) bond motifs is 3. The topological polar surface area (TPSA) is 43.1 Å². The summed E-state index contributed by atoms with van der Waals surface area (Å²) < 4.78 is 5.73. The zero-order chi connectivity index (χ0) is 18.2. The van der Waals surface area contributed by atoms with Crippen molar-refractivity contribution in [2.24, 2.45) is 5.92 Å². The van der Waals surface area contributed by atoms with Crippen molar-refractivity contribution in [1.82, 2.24) is 4.98 Å². The Labute approximate surface area is 159 Å². The number of nitrogens with zero attached hydrogens (tertiary/aromatic N) is 1. The lowest BCUT2D eigenvalue weighted by molar-refractivity contribution is 0.295. The van der Waals surface area contributed by atoms with Gasteiger partial charge in [-0.3, -0.25) is 0 Å². The molecular formula is C24H23NO2. The number of hydrogen-bond donors (Lipinski definition) is 0. The Balaban J connectivity index is 1.70. The maximum Gasteiger partial charge on any atom is 0.343 e. The molecule has 3 nitrogen and oxygen atoms in total. The van der Waals surface area contributed by atoms with Crippen LogP contribution in [0.5, 0.6) is 0 Å². The van der Waals surface area contributed by atoms with Crippen LogP contribution < -0.4 is 5.63 Å². The Morgan fingerprint density at radius 2 is 1.63 bits per heavy atom. The van der Waals surface area contributed by atoms with Crippen molar-refractivity contribution in [3.8, 4) is 22.7 Å². The first kappa shape index (κ1) is 16.5. The standard InChI is InChI=1S/C24H23NO2/c26-24-21-20(16-9-3-1-4-10-16)15-18-13-7-8-14-19(18)22(21)25-23(27-24)17-11-5-2-6-12-17/h2,5-8,11-14,16,20H,1,3-4,9-10,15H2. The molecule has 136 valence electrons. The second-order valence-corrected chi connectivity index (χ2v) is 7.80. The van der Waals surface area contributed by atoms with Crippen molar-refractivity contribution >= 4 is 0 Å². The van der Waals surface area contributed by atoms with Gasteiger partial charge in [-0.1, -0.05) is 61.7 Å². The SMILES string of the molecule is O=c1oc(-c2ccccc2)nc2c1C(C1CCCCC1)Cc1ccccc1-2. The fraction of sp³-hybridized carbons (Fsp3) is 0.333. The number of aromatic nitrogens is 1. The first-order valence-electron chi connectivity index (χ1n) is 10.00. The predicted octanol–water partition coefficient (Wildman–Crippen LogP) is 5.59. The highest BCUT2D eigenvalue weighted by Gasteiger charge is 2.35. The van der Waals surface area contributed by atoms with Crippen LogP contribution in [0.2, 0.25) is 0 Å². The van der Waals surface area contributed by atoms with E-state index in [-0.39, 0.29) is 11.5 Å². The highest BCUT2D eigenvalue weighted by molar-refractivity contribution is 5.71. The molecule has 27 heavy (non-hydrogen) atoms. The minimum atomic E-state index is -0.205. The Bertz CT molecular complexity index is 1020. The van der Waals surface area contributed by atoms with Crippen LogP contribution in [0.3, 0.4) is 0 Å². The zero-order valence-electron chi connectivity index (χ0n) is 15.4. The van der Waals surface area contributed by atoms with Gasteiger partial charge in [0.05, 0.1) is 11.3 Å². The third-order valence-electron chi connectivity index (χ3n) is 6.20. The Kier molecular flexibility index (Phi) is 4.16. The third kappa shape index (κ3) is 2.91. The second kappa shape index (κ2) is 6.80. The maximum atomic E-state index is 13.1. The zero-order valence-corrected chi connectivity index (χ0v) is 15.4. The average Bonchev–Trinajstić information content (AvgIpc) is 2.74. The quantitative estimate of drug-likeness (QED) is 0.600. The van der Waals surface area contributed by atoms with E-state index in [0.717, 1.165) is 28.8 Å². The van der Waals surface area contributed by atoms with E-state index in [1.807, 2.05) is 36.4 Å². The Hall–Kier alpha value is -2.68. The van der Waals surface area contributed by atoms with E-state index < -0.39 is 0 Å². The molecule has 1 unspecified atom stereocenters. The number of benzene rings is 2. The highest BCUT2D eigenvalue weighted by Crippen LogP contribution is 2.45. The van der Waals surface area contributed by atoms with Crippen LogP contribution in [0, 0.1) is 5.92 Å². The lowest BCUT2D eigenvalue weighted by Crippen LogP contribution is -2.28. The van der Waals surface area contributed by atoms with Crippen molar-refractivity contribution in [3.05, 3.63) is 76.1 Å². The van der Waals surface area contributed by atoms with E-state index in [9.17, 15) is 4.79 Å². The van der Waals surface area contributed by atoms with Crippen LogP contribution in [-0.2, 0) is 6.42 Å². The molecule has 0 radical (unpaired) electrons. The van der Waals surface area contributed by atoms with Crippen LogP contribution in [-0.4, -0.2) is 4.98 Å². The van der Waals surface area contributed by atoms with Crippen LogP contribution in [0.15, 0.2) is 63.8 Å². The van der Waals surface area contributed by atoms with Crippen molar-refractivity contribution < 1.29 is 4.42 Å². The van der Waals surface area contributed by atoms with Crippen LogP contribution in [0.25, 0.3) is 22.7 Å². The van der Waals surface area contributed by atoms with E-state index in [1.165, 1.54) is 37.7 Å². The fourth-order valence-electron chi connectivity index (χ4n) is 4.87. The molecule has 0 saturated heterocycles. The van der Waals surface area contributed by atoms with E-state index in [2.05, 4.69) is 18.2 Å². The molecule has 0 amide bonds. The molecule has 3 heteroatoms. The van der Waals surface area contributed by atoms with E-state index in [4.69, 9.17) is 9.40 Å². The minimum absolute atomic E-state index is 0.205. The molecule has 1 aromatic heterocycles. The molecule has 1 saturated carbocycles. The molecule has 2 aromatic carbocycles. The molecular weight excluding hydrogens is 334 g/mol. The molecule has 0 bridgehead atoms. The van der Waals surface area contributed by atoms with Crippen molar-refractivity contribution in [3.63, 3.8) is 0 Å². The summed E-state index contributed by atoms with van der Waals surface area (Å²) >= 11 is 0. The van der Waals surface area contributed by atoms with Gasteiger partial charge < -0.3 is 4.42 Å². The van der Waals surface area contributed by atoms with Gasteiger partial charge in [-0.15, -0.1) is 0 Å². The minimum Gasteiger partial charge on any atom is -0.403 e. The molecule has 1 heterocycles. The molecule has 1 atom stereocenters. The molecule has 5 rings (SSSR count). The average molecular weight is 357 g/mol. The van der Waals surface area contributed by atoms with E-state index in [0.29, 0.717) is 11.8 Å². The summed E-state index contributed by atoms with van der Waals surface area (Å²) in [5.74, 6) is 1.19. The Morgan fingerprint density at radius 1 is 0.889 bits per heavy atom. The van der Waals surface area contributed by atoms with Gasteiger partial charge >= 0.3 is 5.63 Å². The smallest absolute Gasteiger partial charge is 0.343 e. The number of hydrogen-bond acceptors (Lipinski definition) is 3. The van der Waals surface area contributed by atoms with Gasteiger partial charge in [0.1, 0.15) is 0 Å². The molecule has 0 aliphatic heterocycles. The van der Waals surface area contributed by atoms with Crippen LogP contribution >= 0.6 is 0 Å². The van der Waals surface area contributed by atoms with Gasteiger partial charge in [-0.25, -0.2) is 9.78 Å². The molecule has 0 spiro atoms. The number of rotatable bonds is 2. The second-order valence-electron chi connectivity index (χ2n) is 7.80. The van der Waals surface area contributed by atoms with Gasteiger partial charge in [0.25, 0.3) is 0 Å². The largest absolute Gasteiger partial charge is 0.403 e. The van der Waals surface area contributed by atoms with Crippen molar-refractivity contribution in [2.75, 3.05) is 0 Å². The maximum absolute atomic E-state index is 13.1. The Morgan fingerprint density at radius 3 is 2.44 bits per heavy atom. The molecule has 2 aliphatic rings. The summed E-state index contributed by atoms with van der Waals surface area (Å²) in [4.78, 5) is 18.0. The molecule has 3 aromatic rings. The van der Waals surface area contributed by atoms with E-state index in [1.54, 1.807) is 0 Å².